The average Bonchev–Trinajstić information content (AvgIpc) is 3.08. The minimum absolute atomic E-state index is 0.128. The summed E-state index contributed by atoms with van der Waals surface area (Å²) in [6.07, 6.45) is 0.222. The molecule has 1 aromatic heterocycles. The van der Waals surface area contributed by atoms with Crippen molar-refractivity contribution in [3.05, 3.63) is 40.6 Å². The zero-order valence-electron chi connectivity index (χ0n) is 14.5. The second-order valence-corrected chi connectivity index (χ2v) is 8.03. The van der Waals surface area contributed by atoms with Crippen molar-refractivity contribution in [1.82, 2.24) is 4.31 Å². The minimum Gasteiger partial charge on any atom is -0.495 e. The molecular formula is C17H22N2O4S2. The Morgan fingerprint density at radius 2 is 1.96 bits per heavy atom. The lowest BCUT2D eigenvalue weighted by molar-refractivity contribution is -0.115. The number of hydrogen-bond donors (Lipinski definition) is 1. The van der Waals surface area contributed by atoms with E-state index in [0.29, 0.717) is 24.5 Å². The van der Waals surface area contributed by atoms with Gasteiger partial charge in [0.15, 0.2) is 0 Å². The third kappa shape index (κ3) is 4.59. The molecule has 0 saturated carbocycles. The van der Waals surface area contributed by atoms with Crippen molar-refractivity contribution in [2.24, 2.45) is 0 Å². The van der Waals surface area contributed by atoms with Crippen LogP contribution in [0.15, 0.2) is 39.9 Å². The Labute approximate surface area is 152 Å². The molecule has 0 atom stereocenters. The van der Waals surface area contributed by atoms with Gasteiger partial charge < -0.3 is 10.1 Å². The van der Waals surface area contributed by atoms with Gasteiger partial charge in [-0.05, 0) is 40.6 Å². The fourth-order valence-corrected chi connectivity index (χ4v) is 4.58. The highest BCUT2D eigenvalue weighted by molar-refractivity contribution is 7.89. The first-order valence-electron chi connectivity index (χ1n) is 7.91. The van der Waals surface area contributed by atoms with Crippen LogP contribution in [0.3, 0.4) is 0 Å². The van der Waals surface area contributed by atoms with Crippen molar-refractivity contribution < 1.29 is 17.9 Å². The van der Waals surface area contributed by atoms with Crippen LogP contribution >= 0.6 is 11.3 Å². The highest BCUT2D eigenvalue weighted by Crippen LogP contribution is 2.29. The van der Waals surface area contributed by atoms with E-state index in [-0.39, 0.29) is 17.2 Å². The Bertz CT molecular complexity index is 813. The maximum Gasteiger partial charge on any atom is 0.243 e. The summed E-state index contributed by atoms with van der Waals surface area (Å²) in [5.41, 5.74) is 1.25. The summed E-state index contributed by atoms with van der Waals surface area (Å²) in [6.45, 7) is 4.33. The molecular weight excluding hydrogens is 360 g/mol. The normalized spacial score (nSPS) is 11.5. The number of thiophene rings is 1. The first-order valence-corrected chi connectivity index (χ1v) is 10.3. The number of amides is 1. The summed E-state index contributed by atoms with van der Waals surface area (Å²) in [7, 11) is -2.13. The van der Waals surface area contributed by atoms with Gasteiger partial charge in [0.2, 0.25) is 15.9 Å². The van der Waals surface area contributed by atoms with Gasteiger partial charge in [-0.2, -0.15) is 15.6 Å². The van der Waals surface area contributed by atoms with Gasteiger partial charge in [0, 0.05) is 13.1 Å². The number of nitrogens with zero attached hydrogens (tertiary/aromatic N) is 1. The summed E-state index contributed by atoms with van der Waals surface area (Å²) < 4.78 is 31.9. The van der Waals surface area contributed by atoms with E-state index in [0.717, 1.165) is 5.56 Å². The number of rotatable bonds is 8. The number of hydrogen-bond acceptors (Lipinski definition) is 5. The standard InChI is InChI=1S/C17H22N2O4S2/c1-4-19(5-2)25(21,22)14-6-7-16(23-3)15(11-14)18-17(20)10-13-8-9-24-12-13/h6-9,11-12H,4-5,10H2,1-3H3,(H,18,20). The van der Waals surface area contributed by atoms with Crippen LogP contribution in [-0.4, -0.2) is 38.8 Å². The Morgan fingerprint density at radius 1 is 1.24 bits per heavy atom. The quantitative estimate of drug-likeness (QED) is 0.762. The molecule has 0 spiro atoms. The molecule has 0 aliphatic rings. The summed E-state index contributed by atoms with van der Waals surface area (Å²) in [6, 6.07) is 6.36. The van der Waals surface area contributed by atoms with Gasteiger partial charge in [-0.1, -0.05) is 13.8 Å². The van der Waals surface area contributed by atoms with E-state index in [2.05, 4.69) is 5.32 Å². The summed E-state index contributed by atoms with van der Waals surface area (Å²) in [5.74, 6) is 0.186. The van der Waals surface area contributed by atoms with E-state index in [1.807, 2.05) is 16.8 Å². The lowest BCUT2D eigenvalue weighted by Gasteiger charge is -2.19. The second-order valence-electron chi connectivity index (χ2n) is 5.31. The van der Waals surface area contributed by atoms with Crippen LogP contribution in [0.5, 0.6) is 5.75 Å². The zero-order valence-corrected chi connectivity index (χ0v) is 16.1. The van der Waals surface area contributed by atoms with E-state index in [1.54, 1.807) is 19.9 Å². The largest absolute Gasteiger partial charge is 0.495 e. The van der Waals surface area contributed by atoms with E-state index in [9.17, 15) is 13.2 Å². The lowest BCUT2D eigenvalue weighted by Crippen LogP contribution is -2.30. The van der Waals surface area contributed by atoms with Gasteiger partial charge in [-0.15, -0.1) is 0 Å². The fourth-order valence-electron chi connectivity index (χ4n) is 2.43. The predicted octanol–water partition coefficient (Wildman–Crippen LogP) is 2.97. The molecule has 0 radical (unpaired) electrons. The molecule has 0 aliphatic heterocycles. The molecule has 0 saturated heterocycles. The second kappa shape index (κ2) is 8.46. The van der Waals surface area contributed by atoms with Crippen molar-refractivity contribution in [2.75, 3.05) is 25.5 Å². The van der Waals surface area contributed by atoms with Crippen LogP contribution in [0.25, 0.3) is 0 Å². The number of sulfonamides is 1. The third-order valence-electron chi connectivity index (χ3n) is 3.73. The monoisotopic (exact) mass is 382 g/mol. The van der Waals surface area contributed by atoms with Gasteiger partial charge in [0.25, 0.3) is 0 Å². The van der Waals surface area contributed by atoms with Gasteiger partial charge in [-0.25, -0.2) is 8.42 Å². The molecule has 0 fully saturated rings. The van der Waals surface area contributed by atoms with Crippen molar-refractivity contribution >= 4 is 33.0 Å². The van der Waals surface area contributed by atoms with Crippen LogP contribution in [0, 0.1) is 0 Å². The maximum atomic E-state index is 12.7. The molecule has 1 heterocycles. The predicted molar refractivity (Wildman–Crippen MR) is 99.8 cm³/mol. The number of anilines is 1. The maximum absolute atomic E-state index is 12.7. The molecule has 2 rings (SSSR count). The third-order valence-corrected chi connectivity index (χ3v) is 6.51. The van der Waals surface area contributed by atoms with Crippen LogP contribution in [0.4, 0.5) is 5.69 Å². The molecule has 136 valence electrons. The molecule has 1 aromatic carbocycles. The molecule has 0 bridgehead atoms. The SMILES string of the molecule is CCN(CC)S(=O)(=O)c1ccc(OC)c(NC(=O)Cc2ccsc2)c1. The van der Waals surface area contributed by atoms with Gasteiger partial charge in [0.05, 0.1) is 24.1 Å². The van der Waals surface area contributed by atoms with Crippen LogP contribution in [0.1, 0.15) is 19.4 Å². The summed E-state index contributed by atoms with van der Waals surface area (Å²) in [4.78, 5) is 12.4. The molecule has 1 N–H and O–H groups in total. The Hall–Kier alpha value is -1.90. The van der Waals surface area contributed by atoms with E-state index in [1.165, 1.54) is 34.9 Å². The number of nitrogens with one attached hydrogen (secondary N) is 1. The lowest BCUT2D eigenvalue weighted by atomic mass is 10.2. The number of benzene rings is 1. The molecule has 6 nitrogen and oxygen atoms in total. The van der Waals surface area contributed by atoms with Gasteiger partial charge in [-0.3, -0.25) is 4.79 Å². The number of carbonyl (C=O) groups is 1. The number of carbonyl (C=O) groups excluding carboxylic acids is 1. The highest BCUT2D eigenvalue weighted by atomic mass is 32.2. The highest BCUT2D eigenvalue weighted by Gasteiger charge is 2.23. The average molecular weight is 383 g/mol. The van der Waals surface area contributed by atoms with Crippen LogP contribution < -0.4 is 10.1 Å². The first kappa shape index (κ1) is 19.4. The van der Waals surface area contributed by atoms with E-state index >= 15 is 0 Å². The molecule has 25 heavy (non-hydrogen) atoms. The topological polar surface area (TPSA) is 75.7 Å². The Kier molecular flexibility index (Phi) is 6.57. The van der Waals surface area contributed by atoms with Crippen LogP contribution in [0.2, 0.25) is 0 Å². The number of methoxy groups -OCH3 is 1. The Morgan fingerprint density at radius 3 is 2.52 bits per heavy atom. The van der Waals surface area contributed by atoms with Gasteiger partial charge >= 0.3 is 0 Å². The fraction of sp³-hybridized carbons (Fsp3) is 0.353. The molecule has 2 aromatic rings. The van der Waals surface area contributed by atoms with Crippen LogP contribution in [-0.2, 0) is 21.2 Å². The van der Waals surface area contributed by atoms with Crippen molar-refractivity contribution in [2.45, 2.75) is 25.2 Å². The van der Waals surface area contributed by atoms with Gasteiger partial charge in [0.1, 0.15) is 5.75 Å². The Balaban J connectivity index is 2.29. The summed E-state index contributed by atoms with van der Waals surface area (Å²) in [5, 5.41) is 6.55. The minimum atomic E-state index is -3.61. The molecule has 0 unspecified atom stereocenters. The molecule has 8 heteroatoms. The van der Waals surface area contributed by atoms with E-state index < -0.39 is 10.0 Å². The van der Waals surface area contributed by atoms with Crippen molar-refractivity contribution in [1.29, 1.82) is 0 Å². The first-order chi connectivity index (χ1) is 11.9. The smallest absolute Gasteiger partial charge is 0.243 e. The van der Waals surface area contributed by atoms with Crippen molar-refractivity contribution in [3.8, 4) is 5.75 Å². The van der Waals surface area contributed by atoms with Crippen molar-refractivity contribution in [3.63, 3.8) is 0 Å². The van der Waals surface area contributed by atoms with E-state index in [4.69, 9.17) is 4.74 Å². The zero-order chi connectivity index (χ0) is 18.4. The molecule has 0 aliphatic carbocycles. The number of ether oxygens (including phenoxy) is 1. The summed E-state index contributed by atoms with van der Waals surface area (Å²) >= 11 is 1.52. The molecule has 1 amide bonds.